The lowest BCUT2D eigenvalue weighted by molar-refractivity contribution is 0.661. The van der Waals surface area contributed by atoms with E-state index in [0.717, 1.165) is 155 Å². The fraction of sp³-hybridized carbons (Fsp3) is 0.0280. The summed E-state index contributed by atoms with van der Waals surface area (Å²) in [6, 6.07) is 136. The zero-order chi connectivity index (χ0) is 75.5. The Kier molecular flexibility index (Phi) is 13.3. The Bertz CT molecular complexity index is 8110. The summed E-state index contributed by atoms with van der Waals surface area (Å²) in [6.07, 6.45) is 0. The van der Waals surface area contributed by atoms with Crippen LogP contribution < -0.4 is 0 Å². The maximum Gasteiger partial charge on any atom is 0.237 e. The molecule has 0 radical (unpaired) electrons. The molecule has 25 rings (SSSR count). The van der Waals surface area contributed by atoms with Crippen molar-refractivity contribution in [2.24, 2.45) is 0 Å². The average molecular weight is 1470 g/mol. The third-order valence-corrected chi connectivity index (χ3v) is 25.1. The Balaban J connectivity index is 0.720. The molecule has 0 N–H and O–H groups in total. The van der Waals surface area contributed by atoms with Crippen LogP contribution in [0.5, 0.6) is 0 Å². The first-order valence-electron chi connectivity index (χ1n) is 39.6. The Morgan fingerprint density at radius 3 is 1.22 bits per heavy atom. The molecule has 7 aromatic heterocycles. The van der Waals surface area contributed by atoms with E-state index < -0.39 is 0 Å². The monoisotopic (exact) mass is 1470 g/mol. The van der Waals surface area contributed by atoms with Crippen molar-refractivity contribution in [3.63, 3.8) is 0 Å². The van der Waals surface area contributed by atoms with Crippen molar-refractivity contribution in [1.29, 1.82) is 0 Å². The van der Waals surface area contributed by atoms with Gasteiger partial charge in [0.25, 0.3) is 0 Å². The molecule has 0 unspecified atom stereocenters. The molecule has 17 aromatic carbocycles. The fourth-order valence-corrected chi connectivity index (χ4v) is 19.8. The number of furan rings is 1. The molecule has 115 heavy (non-hydrogen) atoms. The summed E-state index contributed by atoms with van der Waals surface area (Å²) >= 11 is 0. The number of hydrogen-bond acceptors (Lipinski definition) is 3. The van der Waals surface area contributed by atoms with E-state index in [1.54, 1.807) is 0 Å². The first kappa shape index (κ1) is 63.6. The summed E-state index contributed by atoms with van der Waals surface area (Å²) < 4.78 is 18.4. The predicted octanol–water partition coefficient (Wildman–Crippen LogP) is 28.0. The molecule has 1 aliphatic carbocycles. The second kappa shape index (κ2) is 24.0. The molecule has 0 spiro atoms. The second-order valence-electron chi connectivity index (χ2n) is 31.6. The van der Waals surface area contributed by atoms with Gasteiger partial charge in [-0.25, -0.2) is 4.98 Å². The van der Waals surface area contributed by atoms with Gasteiger partial charge in [0.1, 0.15) is 17.0 Å². The van der Waals surface area contributed by atoms with Crippen LogP contribution in [0.1, 0.15) is 25.0 Å². The average Bonchev–Trinajstić information content (AvgIpc) is 1.57. The quantitative estimate of drug-likeness (QED) is 0.145. The van der Waals surface area contributed by atoms with E-state index in [0.29, 0.717) is 5.95 Å². The number of benzene rings is 17. The minimum Gasteiger partial charge on any atom is -0.456 e. The van der Waals surface area contributed by atoms with Crippen molar-refractivity contribution in [2.45, 2.75) is 19.3 Å². The van der Waals surface area contributed by atoms with Crippen LogP contribution in [0.15, 0.2) is 374 Å². The number of nitrogens with zero attached hydrogens (tertiary/aromatic N) is 7. The van der Waals surface area contributed by atoms with Crippen LogP contribution >= 0.6 is 0 Å². The molecular weight excluding hydrogens is 1400 g/mol. The number of hydrogen-bond donors (Lipinski definition) is 0. The second-order valence-corrected chi connectivity index (χ2v) is 31.6. The Hall–Kier alpha value is -15.1. The molecule has 8 nitrogen and oxygen atoms in total. The summed E-state index contributed by atoms with van der Waals surface area (Å²) in [6.45, 7) is 4.73. The summed E-state index contributed by atoms with van der Waals surface area (Å²) in [4.78, 5) is 11.9. The summed E-state index contributed by atoms with van der Waals surface area (Å²) in [7, 11) is 0. The highest BCUT2D eigenvalue weighted by Crippen LogP contribution is 2.52. The van der Waals surface area contributed by atoms with Crippen LogP contribution in [0.2, 0.25) is 0 Å². The lowest BCUT2D eigenvalue weighted by atomic mass is 9.82. The van der Waals surface area contributed by atoms with E-state index >= 15 is 0 Å². The van der Waals surface area contributed by atoms with Gasteiger partial charge < -0.3 is 18.1 Å². The number of rotatable bonds is 9. The molecular formula is C107H67N7O. The standard InChI is InChI=1S/C107H67N7O/c1-107(2)89-35-17-11-28-73(89)83-61-87-79-33-15-21-39-95(79)114(102(87)62-90(83)107)106-108-91(63-105(109-106)113-94-38-20-14-32-78(94)86-55-64(45-52-99(86)113)67-46-54-104-88(58-67)82-34-16-22-40-103(82)115-104)74-49-53-96(75-29-10-9-27-72(74)75)112-100-59-68(65-43-50-97-84(56-65)76-30-12-18-36-92(76)110(97)70-23-5-3-6-24-70)41-47-80(100)81-48-42-69(60-101(81)112)66-44-51-98-85(57-66)77-31-13-19-37-93(77)111(98)71-25-7-4-8-26-71/h3-63H,1-2H3. The predicted molar refractivity (Wildman–Crippen MR) is 478 cm³/mol. The van der Waals surface area contributed by atoms with Crippen LogP contribution in [-0.4, -0.2) is 32.8 Å². The Labute approximate surface area is 659 Å². The van der Waals surface area contributed by atoms with Gasteiger partial charge in [0.05, 0.1) is 66.5 Å². The molecule has 0 bridgehead atoms. The number of fused-ring (bicyclic) bond motifs is 22. The zero-order valence-electron chi connectivity index (χ0n) is 62.8. The number of aromatic nitrogens is 7. The Morgan fingerprint density at radius 2 is 0.635 bits per heavy atom. The van der Waals surface area contributed by atoms with Gasteiger partial charge in [-0.1, -0.05) is 244 Å². The topological polar surface area (TPSA) is 63.6 Å². The van der Waals surface area contributed by atoms with E-state index in [1.807, 2.05) is 12.1 Å². The summed E-state index contributed by atoms with van der Waals surface area (Å²) in [5, 5.41) is 16.1. The van der Waals surface area contributed by atoms with Gasteiger partial charge in [-0.3, -0.25) is 9.13 Å². The molecule has 536 valence electrons. The first-order valence-corrected chi connectivity index (χ1v) is 39.6. The van der Waals surface area contributed by atoms with Crippen LogP contribution in [0.4, 0.5) is 0 Å². The maximum atomic E-state index is 6.34. The van der Waals surface area contributed by atoms with Gasteiger partial charge in [-0.05, 0) is 194 Å². The van der Waals surface area contributed by atoms with E-state index in [2.05, 4.69) is 395 Å². The Morgan fingerprint density at radius 1 is 0.226 bits per heavy atom. The largest absolute Gasteiger partial charge is 0.456 e. The molecule has 0 atom stereocenters. The molecule has 0 saturated carbocycles. The first-order chi connectivity index (χ1) is 56.8. The molecule has 0 aliphatic heterocycles. The fourth-order valence-electron chi connectivity index (χ4n) is 19.8. The summed E-state index contributed by atoms with van der Waals surface area (Å²) in [5.74, 6) is 1.34. The smallest absolute Gasteiger partial charge is 0.237 e. The lowest BCUT2D eigenvalue weighted by Gasteiger charge is -2.21. The minimum atomic E-state index is -0.255. The van der Waals surface area contributed by atoms with Crippen molar-refractivity contribution in [1.82, 2.24) is 32.8 Å². The zero-order valence-corrected chi connectivity index (χ0v) is 62.8. The highest BCUT2D eigenvalue weighted by Gasteiger charge is 2.37. The minimum absolute atomic E-state index is 0.255. The molecule has 1 aliphatic rings. The molecule has 8 heteroatoms. The van der Waals surface area contributed by atoms with Crippen molar-refractivity contribution < 1.29 is 4.42 Å². The van der Waals surface area contributed by atoms with Gasteiger partial charge in [0, 0.05) is 98.4 Å². The highest BCUT2D eigenvalue weighted by molar-refractivity contribution is 6.18. The van der Waals surface area contributed by atoms with Crippen molar-refractivity contribution >= 4 is 142 Å². The van der Waals surface area contributed by atoms with E-state index in [4.69, 9.17) is 14.4 Å². The van der Waals surface area contributed by atoms with Gasteiger partial charge in [0.2, 0.25) is 5.95 Å². The molecule has 0 fully saturated rings. The summed E-state index contributed by atoms with van der Waals surface area (Å²) in [5.41, 5.74) is 29.7. The van der Waals surface area contributed by atoms with Crippen LogP contribution in [0, 0.1) is 0 Å². The van der Waals surface area contributed by atoms with E-state index in [9.17, 15) is 0 Å². The van der Waals surface area contributed by atoms with Crippen molar-refractivity contribution in [3.8, 4) is 84.6 Å². The van der Waals surface area contributed by atoms with Crippen LogP contribution in [0.3, 0.4) is 0 Å². The lowest BCUT2D eigenvalue weighted by Crippen LogP contribution is -2.15. The van der Waals surface area contributed by atoms with Crippen molar-refractivity contribution in [3.05, 3.63) is 381 Å². The third-order valence-electron chi connectivity index (χ3n) is 25.1. The van der Waals surface area contributed by atoms with E-state index in [1.165, 1.54) is 76.6 Å². The van der Waals surface area contributed by atoms with Crippen molar-refractivity contribution in [2.75, 3.05) is 0 Å². The molecule has 0 saturated heterocycles. The van der Waals surface area contributed by atoms with E-state index in [-0.39, 0.29) is 5.41 Å². The van der Waals surface area contributed by atoms with Gasteiger partial charge in [-0.2, -0.15) is 4.98 Å². The SMILES string of the molecule is CC1(C)c2ccccc2-c2cc3c4ccccc4n(-c4nc(-c5ccc(-n6c7cc(-c8ccc9c(c8)c8ccccc8n9-c8ccccc8)ccc7c7ccc(-c8ccc9c(c8)c8ccccc8n9-c8ccccc8)cc76)c6ccccc56)cc(-n5c6ccccc6c6cc(-c7ccc8oc9ccccc9c8c7)ccc65)n4)c3cc21. The number of para-hydroxylation sites is 7. The highest BCUT2D eigenvalue weighted by atomic mass is 16.3. The third kappa shape index (κ3) is 9.24. The van der Waals surface area contributed by atoms with Gasteiger partial charge in [-0.15, -0.1) is 0 Å². The normalized spacial score (nSPS) is 12.9. The van der Waals surface area contributed by atoms with Crippen LogP contribution in [-0.2, 0) is 5.41 Å². The maximum absolute atomic E-state index is 6.34. The molecule has 24 aromatic rings. The van der Waals surface area contributed by atoms with Gasteiger partial charge >= 0.3 is 0 Å². The molecule has 0 amide bonds. The van der Waals surface area contributed by atoms with Gasteiger partial charge in [0.15, 0.2) is 0 Å². The van der Waals surface area contributed by atoms with Crippen LogP contribution in [0.25, 0.3) is 226 Å². The molecule has 7 heterocycles.